The van der Waals surface area contributed by atoms with E-state index >= 15 is 0 Å². The molecule has 1 unspecified atom stereocenters. The summed E-state index contributed by atoms with van der Waals surface area (Å²) in [4.78, 5) is 11.6. The van der Waals surface area contributed by atoms with E-state index in [-0.39, 0.29) is 30.1 Å². The van der Waals surface area contributed by atoms with Gasteiger partial charge >= 0.3 is 0 Å². The van der Waals surface area contributed by atoms with Gasteiger partial charge in [-0.05, 0) is 62.9 Å². The number of aliphatic imine (C=N–C) groups is 1. The summed E-state index contributed by atoms with van der Waals surface area (Å²) >= 11 is 0. The van der Waals surface area contributed by atoms with Crippen LogP contribution in [0.15, 0.2) is 47.6 Å². The van der Waals surface area contributed by atoms with E-state index < -0.39 is 6.10 Å². The monoisotopic (exact) mass is 553 g/mol. The zero-order valence-corrected chi connectivity index (χ0v) is 21.6. The molecule has 0 saturated carbocycles. The van der Waals surface area contributed by atoms with Crippen LogP contribution >= 0.6 is 24.0 Å². The molecule has 1 aromatic carbocycles. The maximum absolute atomic E-state index is 10.6. The fourth-order valence-corrected chi connectivity index (χ4v) is 3.53. The molecule has 1 fully saturated rings. The molecule has 0 bridgehead atoms. The van der Waals surface area contributed by atoms with Gasteiger partial charge in [-0.15, -0.1) is 24.0 Å². The normalized spacial score (nSPS) is 14.8. The molecule has 7 nitrogen and oxygen atoms in total. The van der Waals surface area contributed by atoms with Crippen LogP contribution in [-0.2, 0) is 6.54 Å². The van der Waals surface area contributed by atoms with Gasteiger partial charge in [0.25, 0.3) is 0 Å². The van der Waals surface area contributed by atoms with Crippen molar-refractivity contribution < 1.29 is 9.84 Å². The number of halogens is 1. The van der Waals surface area contributed by atoms with Crippen LogP contribution in [0.5, 0.6) is 5.75 Å². The summed E-state index contributed by atoms with van der Waals surface area (Å²) in [6.07, 6.45) is 3.81. The predicted molar refractivity (Wildman–Crippen MR) is 141 cm³/mol. The number of nitrogens with zero attached hydrogens (tertiary/aromatic N) is 3. The van der Waals surface area contributed by atoms with Crippen LogP contribution in [0.25, 0.3) is 0 Å². The average molecular weight is 553 g/mol. The molecule has 8 heteroatoms. The van der Waals surface area contributed by atoms with Gasteiger partial charge < -0.3 is 25.4 Å². The van der Waals surface area contributed by atoms with E-state index in [1.165, 1.54) is 12.8 Å². The molecule has 0 aliphatic carbocycles. The number of anilines is 1. The number of aromatic nitrogens is 1. The number of nitrogens with one attached hydrogen (secondary N) is 2. The zero-order valence-electron chi connectivity index (χ0n) is 19.3. The lowest BCUT2D eigenvalue weighted by Crippen LogP contribution is -2.39. The van der Waals surface area contributed by atoms with Crippen molar-refractivity contribution in [1.82, 2.24) is 15.6 Å². The van der Waals surface area contributed by atoms with Gasteiger partial charge in [0.15, 0.2) is 5.96 Å². The third-order valence-corrected chi connectivity index (χ3v) is 5.08. The average Bonchev–Trinajstić information content (AvgIpc) is 3.30. The number of pyridine rings is 1. The smallest absolute Gasteiger partial charge is 0.191 e. The molecule has 1 aliphatic rings. The Balaban J connectivity index is 0.00000363. The number of rotatable bonds is 9. The number of ether oxygens (including phenoxy) is 1. The quantitative estimate of drug-likeness (QED) is 0.249. The summed E-state index contributed by atoms with van der Waals surface area (Å²) in [5.74, 6) is 2.47. The minimum atomic E-state index is -0.666. The van der Waals surface area contributed by atoms with E-state index in [1.807, 2.05) is 51.2 Å². The second-order valence-corrected chi connectivity index (χ2v) is 8.05. The van der Waals surface area contributed by atoms with Crippen molar-refractivity contribution in [2.75, 3.05) is 31.1 Å². The summed E-state index contributed by atoms with van der Waals surface area (Å²) in [5, 5.41) is 17.1. The third-order valence-electron chi connectivity index (χ3n) is 5.08. The van der Waals surface area contributed by atoms with Crippen LogP contribution in [0.4, 0.5) is 5.82 Å². The lowest BCUT2D eigenvalue weighted by Gasteiger charge is -2.17. The van der Waals surface area contributed by atoms with E-state index in [9.17, 15) is 5.11 Å². The highest BCUT2D eigenvalue weighted by atomic mass is 127. The molecular weight excluding hydrogens is 517 g/mol. The Morgan fingerprint density at radius 1 is 1.19 bits per heavy atom. The molecule has 1 saturated heterocycles. The van der Waals surface area contributed by atoms with Crippen LogP contribution in [-0.4, -0.2) is 48.3 Å². The molecule has 1 aliphatic heterocycles. The summed E-state index contributed by atoms with van der Waals surface area (Å²) < 4.78 is 5.72. The number of guanidine groups is 1. The Morgan fingerprint density at radius 2 is 1.97 bits per heavy atom. The van der Waals surface area contributed by atoms with E-state index in [1.54, 1.807) is 0 Å². The van der Waals surface area contributed by atoms with Gasteiger partial charge in [0.1, 0.15) is 11.6 Å². The van der Waals surface area contributed by atoms with Gasteiger partial charge in [0, 0.05) is 32.4 Å². The number of benzene rings is 1. The molecule has 0 spiro atoms. The van der Waals surface area contributed by atoms with Crippen molar-refractivity contribution in [1.29, 1.82) is 0 Å². The lowest BCUT2D eigenvalue weighted by atomic mass is 10.1. The fraction of sp³-hybridized carbons (Fsp3) is 0.500. The van der Waals surface area contributed by atoms with Gasteiger partial charge in [-0.2, -0.15) is 0 Å². The molecule has 32 heavy (non-hydrogen) atoms. The highest BCUT2D eigenvalue weighted by Crippen LogP contribution is 2.20. The number of aliphatic hydroxyl groups excluding tert-OH is 1. The molecule has 176 valence electrons. The fourth-order valence-electron chi connectivity index (χ4n) is 3.53. The first-order chi connectivity index (χ1) is 15.0. The van der Waals surface area contributed by atoms with E-state index in [0.717, 1.165) is 42.3 Å². The molecule has 0 amide bonds. The Kier molecular flexibility index (Phi) is 11.0. The van der Waals surface area contributed by atoms with Crippen LogP contribution in [0.2, 0.25) is 0 Å². The maximum atomic E-state index is 10.6. The molecule has 0 radical (unpaired) electrons. The van der Waals surface area contributed by atoms with Crippen molar-refractivity contribution in [2.24, 2.45) is 4.99 Å². The van der Waals surface area contributed by atoms with Gasteiger partial charge in [-0.1, -0.05) is 18.2 Å². The van der Waals surface area contributed by atoms with Crippen molar-refractivity contribution in [3.63, 3.8) is 0 Å². The van der Waals surface area contributed by atoms with Crippen molar-refractivity contribution in [2.45, 2.75) is 52.4 Å². The van der Waals surface area contributed by atoms with Crippen molar-refractivity contribution in [3.8, 4) is 5.75 Å². The summed E-state index contributed by atoms with van der Waals surface area (Å²) in [6, 6.07) is 11.7. The van der Waals surface area contributed by atoms with E-state index in [4.69, 9.17) is 4.74 Å². The highest BCUT2D eigenvalue weighted by Gasteiger charge is 2.13. The Hall–Kier alpha value is -2.07. The minimum Gasteiger partial charge on any atom is -0.491 e. The van der Waals surface area contributed by atoms with Crippen LogP contribution in [0, 0.1) is 0 Å². The molecule has 1 aromatic heterocycles. The van der Waals surface area contributed by atoms with Gasteiger partial charge in [0.05, 0.1) is 18.8 Å². The predicted octanol–water partition coefficient (Wildman–Crippen LogP) is 3.88. The Labute approximate surface area is 208 Å². The van der Waals surface area contributed by atoms with E-state index in [2.05, 4.69) is 37.6 Å². The first-order valence-corrected chi connectivity index (χ1v) is 11.2. The van der Waals surface area contributed by atoms with Crippen molar-refractivity contribution >= 4 is 35.8 Å². The van der Waals surface area contributed by atoms with Crippen LogP contribution in [0.3, 0.4) is 0 Å². The summed E-state index contributed by atoms with van der Waals surface area (Å²) in [6.45, 7) is 9.79. The SMILES string of the molecule is CCNC(=NCc1ccc(N2CCCC2)nc1)NCC(O)c1cccc(OC(C)C)c1.I. The maximum Gasteiger partial charge on any atom is 0.191 e. The van der Waals surface area contributed by atoms with Crippen molar-refractivity contribution in [3.05, 3.63) is 53.7 Å². The Bertz CT molecular complexity index is 839. The summed E-state index contributed by atoms with van der Waals surface area (Å²) in [7, 11) is 0. The zero-order chi connectivity index (χ0) is 22.1. The topological polar surface area (TPSA) is 82.0 Å². The highest BCUT2D eigenvalue weighted by molar-refractivity contribution is 14.0. The summed E-state index contributed by atoms with van der Waals surface area (Å²) in [5.41, 5.74) is 1.86. The number of aliphatic hydroxyl groups is 1. The standard InChI is InChI=1S/C24H35N5O2.HI/c1-4-25-24(27-16-19-10-11-23(26-15-19)29-12-5-6-13-29)28-17-22(30)20-8-7-9-21(14-20)31-18(2)3;/h7-11,14-15,18,22,30H,4-6,12-13,16-17H2,1-3H3,(H2,25,27,28);1H. The molecule has 2 aromatic rings. The molecular formula is C24H36IN5O2. The minimum absolute atomic E-state index is 0. The van der Waals surface area contributed by atoms with Gasteiger partial charge in [0.2, 0.25) is 0 Å². The second kappa shape index (κ2) is 13.5. The van der Waals surface area contributed by atoms with Crippen LogP contribution < -0.4 is 20.3 Å². The molecule has 2 heterocycles. The van der Waals surface area contributed by atoms with Gasteiger partial charge in [-0.3, -0.25) is 0 Å². The number of hydrogen-bond acceptors (Lipinski definition) is 5. The number of hydrogen-bond donors (Lipinski definition) is 3. The largest absolute Gasteiger partial charge is 0.491 e. The molecule has 3 N–H and O–H groups in total. The first-order valence-electron chi connectivity index (χ1n) is 11.2. The molecule has 3 rings (SSSR count). The Morgan fingerprint density at radius 3 is 2.62 bits per heavy atom. The molecule has 1 atom stereocenters. The second-order valence-electron chi connectivity index (χ2n) is 8.05. The van der Waals surface area contributed by atoms with E-state index in [0.29, 0.717) is 19.0 Å². The van der Waals surface area contributed by atoms with Gasteiger partial charge in [-0.25, -0.2) is 9.98 Å². The third kappa shape index (κ3) is 8.12. The van der Waals surface area contributed by atoms with Crippen LogP contribution in [0.1, 0.15) is 50.8 Å². The first kappa shape index (κ1) is 26.2. The lowest BCUT2D eigenvalue weighted by molar-refractivity contribution is 0.179.